The number of nitriles is 1. The smallest absolute Gasteiger partial charge is 0.258 e. The SMILES string of the molecule is N#Cc1ccccc1OCC(=O)NCc1nccs1. The Bertz CT molecular complexity index is 590. The van der Waals surface area contributed by atoms with E-state index in [0.717, 1.165) is 5.01 Å². The van der Waals surface area contributed by atoms with Crippen molar-refractivity contribution in [2.45, 2.75) is 6.54 Å². The maximum Gasteiger partial charge on any atom is 0.258 e. The summed E-state index contributed by atoms with van der Waals surface area (Å²) >= 11 is 1.48. The predicted octanol–water partition coefficient (Wildman–Crippen LogP) is 1.71. The average molecular weight is 273 g/mol. The van der Waals surface area contributed by atoms with Crippen LogP contribution in [0, 0.1) is 11.3 Å². The van der Waals surface area contributed by atoms with Crippen LogP contribution in [0.4, 0.5) is 0 Å². The van der Waals surface area contributed by atoms with Crippen LogP contribution in [0.2, 0.25) is 0 Å². The van der Waals surface area contributed by atoms with Crippen molar-refractivity contribution in [3.05, 3.63) is 46.4 Å². The van der Waals surface area contributed by atoms with Crippen molar-refractivity contribution in [3.8, 4) is 11.8 Å². The molecule has 0 radical (unpaired) electrons. The highest BCUT2D eigenvalue weighted by Gasteiger charge is 2.06. The van der Waals surface area contributed by atoms with E-state index >= 15 is 0 Å². The first-order valence-corrected chi connectivity index (χ1v) is 6.44. The maximum absolute atomic E-state index is 11.6. The summed E-state index contributed by atoms with van der Waals surface area (Å²) in [4.78, 5) is 15.6. The Labute approximate surface area is 114 Å². The molecule has 1 aromatic heterocycles. The molecule has 96 valence electrons. The Morgan fingerprint density at radius 3 is 3.05 bits per heavy atom. The standard InChI is InChI=1S/C13H11N3O2S/c14-7-10-3-1-2-4-11(10)18-9-12(17)16-8-13-15-5-6-19-13/h1-6H,8-9H2,(H,16,17). The van der Waals surface area contributed by atoms with E-state index in [1.807, 2.05) is 11.4 Å². The quantitative estimate of drug-likeness (QED) is 0.899. The van der Waals surface area contributed by atoms with Crippen LogP contribution in [-0.2, 0) is 11.3 Å². The fraction of sp³-hybridized carbons (Fsp3) is 0.154. The van der Waals surface area contributed by atoms with Crippen LogP contribution < -0.4 is 10.1 Å². The first-order chi connectivity index (χ1) is 9.29. The van der Waals surface area contributed by atoms with Crippen LogP contribution >= 0.6 is 11.3 Å². The van der Waals surface area contributed by atoms with E-state index in [-0.39, 0.29) is 12.5 Å². The van der Waals surface area contributed by atoms with Crippen molar-refractivity contribution in [2.24, 2.45) is 0 Å². The number of carbonyl (C=O) groups excluding carboxylic acids is 1. The van der Waals surface area contributed by atoms with Gasteiger partial charge in [0.05, 0.1) is 12.1 Å². The molecule has 0 aliphatic rings. The normalized spacial score (nSPS) is 9.63. The van der Waals surface area contributed by atoms with E-state index in [4.69, 9.17) is 10.00 Å². The Morgan fingerprint density at radius 1 is 1.47 bits per heavy atom. The topological polar surface area (TPSA) is 75.0 Å². The Morgan fingerprint density at radius 2 is 2.32 bits per heavy atom. The monoisotopic (exact) mass is 273 g/mol. The molecule has 1 heterocycles. The van der Waals surface area contributed by atoms with Gasteiger partial charge in [-0.1, -0.05) is 12.1 Å². The molecule has 2 aromatic rings. The summed E-state index contributed by atoms with van der Waals surface area (Å²) in [6, 6.07) is 8.81. The molecule has 0 saturated heterocycles. The minimum atomic E-state index is -0.247. The first-order valence-electron chi connectivity index (χ1n) is 5.56. The van der Waals surface area contributed by atoms with Gasteiger partial charge in [-0.25, -0.2) is 4.98 Å². The zero-order chi connectivity index (χ0) is 13.5. The number of para-hydroxylation sites is 1. The molecule has 0 saturated carbocycles. The first kappa shape index (κ1) is 13.1. The van der Waals surface area contributed by atoms with Crippen LogP contribution in [0.15, 0.2) is 35.8 Å². The summed E-state index contributed by atoms with van der Waals surface area (Å²) in [6.45, 7) is 0.268. The fourth-order valence-corrected chi connectivity index (χ4v) is 1.95. The number of carbonyl (C=O) groups is 1. The maximum atomic E-state index is 11.6. The Balaban J connectivity index is 1.82. The number of amides is 1. The highest BCUT2D eigenvalue weighted by atomic mass is 32.1. The van der Waals surface area contributed by atoms with Gasteiger partial charge in [-0.05, 0) is 12.1 Å². The molecule has 1 amide bonds. The van der Waals surface area contributed by atoms with Crippen molar-refractivity contribution < 1.29 is 9.53 Å². The molecule has 0 aliphatic carbocycles. The van der Waals surface area contributed by atoms with Gasteiger partial charge in [-0.15, -0.1) is 11.3 Å². The molecule has 0 unspecified atom stereocenters. The lowest BCUT2D eigenvalue weighted by Gasteiger charge is -2.07. The van der Waals surface area contributed by atoms with Crippen LogP contribution in [0.25, 0.3) is 0 Å². The van der Waals surface area contributed by atoms with Crippen LogP contribution in [0.1, 0.15) is 10.6 Å². The van der Waals surface area contributed by atoms with Crippen molar-refractivity contribution in [2.75, 3.05) is 6.61 Å². The van der Waals surface area contributed by atoms with Crippen LogP contribution in [-0.4, -0.2) is 17.5 Å². The number of hydrogen-bond acceptors (Lipinski definition) is 5. The number of thiazole rings is 1. The van der Waals surface area contributed by atoms with Gasteiger partial charge < -0.3 is 10.1 Å². The lowest BCUT2D eigenvalue weighted by molar-refractivity contribution is -0.123. The Hall–Kier alpha value is -2.39. The molecule has 6 heteroatoms. The van der Waals surface area contributed by atoms with E-state index in [1.54, 1.807) is 30.5 Å². The van der Waals surface area contributed by atoms with Gasteiger partial charge in [0.15, 0.2) is 6.61 Å². The molecule has 0 atom stereocenters. The second kappa shape index (κ2) is 6.52. The van der Waals surface area contributed by atoms with E-state index in [9.17, 15) is 4.79 Å². The molecule has 19 heavy (non-hydrogen) atoms. The van der Waals surface area contributed by atoms with E-state index < -0.39 is 0 Å². The molecule has 2 rings (SSSR count). The minimum Gasteiger partial charge on any atom is -0.482 e. The highest BCUT2D eigenvalue weighted by Crippen LogP contribution is 2.16. The lowest BCUT2D eigenvalue weighted by atomic mass is 10.2. The molecule has 1 N–H and O–H groups in total. The minimum absolute atomic E-state index is 0.121. The third-order valence-corrected chi connectivity index (χ3v) is 3.07. The average Bonchev–Trinajstić information content (AvgIpc) is 2.96. The third-order valence-electron chi connectivity index (χ3n) is 2.29. The fourth-order valence-electron chi connectivity index (χ4n) is 1.39. The second-order valence-electron chi connectivity index (χ2n) is 3.60. The lowest BCUT2D eigenvalue weighted by Crippen LogP contribution is -2.28. The molecule has 0 aliphatic heterocycles. The highest BCUT2D eigenvalue weighted by molar-refractivity contribution is 7.09. The summed E-state index contributed by atoms with van der Waals surface area (Å²) in [5.74, 6) is 0.164. The summed E-state index contributed by atoms with van der Waals surface area (Å²) in [5, 5.41) is 14.3. The zero-order valence-electron chi connectivity index (χ0n) is 10.00. The van der Waals surface area contributed by atoms with Gasteiger partial charge in [0.1, 0.15) is 16.8 Å². The van der Waals surface area contributed by atoms with Crippen molar-refractivity contribution >= 4 is 17.2 Å². The van der Waals surface area contributed by atoms with Crippen molar-refractivity contribution in [3.63, 3.8) is 0 Å². The van der Waals surface area contributed by atoms with Crippen molar-refractivity contribution in [1.29, 1.82) is 5.26 Å². The van der Waals surface area contributed by atoms with Gasteiger partial charge in [0.25, 0.3) is 5.91 Å². The van der Waals surface area contributed by atoms with Gasteiger partial charge in [-0.2, -0.15) is 5.26 Å². The number of nitrogens with one attached hydrogen (secondary N) is 1. The van der Waals surface area contributed by atoms with Crippen molar-refractivity contribution in [1.82, 2.24) is 10.3 Å². The third kappa shape index (κ3) is 3.79. The molecular formula is C13H11N3O2S. The number of nitrogens with zero attached hydrogens (tertiary/aromatic N) is 2. The van der Waals surface area contributed by atoms with E-state index in [0.29, 0.717) is 17.9 Å². The number of aromatic nitrogens is 1. The number of rotatable bonds is 5. The zero-order valence-corrected chi connectivity index (χ0v) is 10.8. The van der Waals surface area contributed by atoms with E-state index in [1.165, 1.54) is 11.3 Å². The van der Waals surface area contributed by atoms with Gasteiger partial charge in [0.2, 0.25) is 0 Å². The summed E-state index contributed by atoms with van der Waals surface area (Å²) in [5.41, 5.74) is 0.412. The van der Waals surface area contributed by atoms with Gasteiger partial charge in [-0.3, -0.25) is 4.79 Å². The summed E-state index contributed by atoms with van der Waals surface area (Å²) in [7, 11) is 0. The number of hydrogen-bond donors (Lipinski definition) is 1. The van der Waals surface area contributed by atoms with E-state index in [2.05, 4.69) is 10.3 Å². The van der Waals surface area contributed by atoms with Crippen LogP contribution in [0.5, 0.6) is 5.75 Å². The van der Waals surface area contributed by atoms with Gasteiger partial charge in [0, 0.05) is 11.6 Å². The molecular weight excluding hydrogens is 262 g/mol. The summed E-state index contributed by atoms with van der Waals surface area (Å²) < 4.78 is 5.31. The largest absolute Gasteiger partial charge is 0.482 e. The number of benzene rings is 1. The van der Waals surface area contributed by atoms with Crippen LogP contribution in [0.3, 0.4) is 0 Å². The molecule has 5 nitrogen and oxygen atoms in total. The molecule has 0 fully saturated rings. The molecule has 1 aromatic carbocycles. The molecule has 0 bridgehead atoms. The Kier molecular flexibility index (Phi) is 4.48. The molecule has 0 spiro atoms. The predicted molar refractivity (Wildman–Crippen MR) is 70.6 cm³/mol. The summed E-state index contributed by atoms with van der Waals surface area (Å²) in [6.07, 6.45) is 1.69. The number of ether oxygens (including phenoxy) is 1. The van der Waals surface area contributed by atoms with Gasteiger partial charge >= 0.3 is 0 Å². The second-order valence-corrected chi connectivity index (χ2v) is 4.58.